The van der Waals surface area contributed by atoms with E-state index in [-0.39, 0.29) is 0 Å². The van der Waals surface area contributed by atoms with Crippen LogP contribution in [-0.2, 0) is 6.42 Å². The van der Waals surface area contributed by atoms with Crippen molar-refractivity contribution in [3.63, 3.8) is 0 Å². The summed E-state index contributed by atoms with van der Waals surface area (Å²) in [5.74, 6) is 1.13. The number of halogens is 1. The molecule has 0 fully saturated rings. The minimum Gasteiger partial charge on any atom is -0.456 e. The maximum absolute atomic E-state index is 9.06. The molecule has 0 saturated heterocycles. The highest BCUT2D eigenvalue weighted by Crippen LogP contribution is 2.29. The molecule has 0 radical (unpaired) electrons. The van der Waals surface area contributed by atoms with Gasteiger partial charge in [0.25, 0.3) is 0 Å². The maximum Gasteiger partial charge on any atom is 0.146 e. The fourth-order valence-electron chi connectivity index (χ4n) is 1.72. The second-order valence-corrected chi connectivity index (χ2v) is 4.42. The topological polar surface area (TPSA) is 59.0 Å². The summed E-state index contributed by atoms with van der Waals surface area (Å²) in [6.45, 7) is 0.618. The largest absolute Gasteiger partial charge is 0.456 e. The van der Waals surface area contributed by atoms with Gasteiger partial charge in [0.1, 0.15) is 23.1 Å². The van der Waals surface area contributed by atoms with Crippen molar-refractivity contribution in [2.24, 2.45) is 5.73 Å². The van der Waals surface area contributed by atoms with Crippen molar-refractivity contribution >= 4 is 11.6 Å². The fourth-order valence-corrected chi connectivity index (χ4v) is 1.92. The van der Waals surface area contributed by atoms with E-state index in [1.807, 2.05) is 30.3 Å². The van der Waals surface area contributed by atoms with Crippen molar-refractivity contribution in [3.05, 3.63) is 58.6 Å². The summed E-state index contributed by atoms with van der Waals surface area (Å²) in [6, 6.07) is 14.8. The first-order valence-electron chi connectivity index (χ1n) is 5.90. The van der Waals surface area contributed by atoms with Crippen molar-refractivity contribution in [1.82, 2.24) is 0 Å². The van der Waals surface area contributed by atoms with Gasteiger partial charge in [-0.2, -0.15) is 5.26 Å². The molecule has 0 atom stereocenters. The second kappa shape index (κ2) is 6.24. The molecule has 0 bridgehead atoms. The zero-order chi connectivity index (χ0) is 13.7. The lowest BCUT2D eigenvalue weighted by Gasteiger charge is -2.08. The third kappa shape index (κ3) is 3.25. The Balaban J connectivity index is 2.22. The highest BCUT2D eigenvalue weighted by atomic mass is 35.5. The predicted octanol–water partition coefficient (Wildman–Crippen LogP) is 3.51. The Hall–Kier alpha value is -2.02. The van der Waals surface area contributed by atoms with Crippen LogP contribution in [0.15, 0.2) is 42.5 Å². The molecule has 0 spiro atoms. The van der Waals surface area contributed by atoms with Gasteiger partial charge in [-0.05, 0) is 42.8 Å². The third-order valence-electron chi connectivity index (χ3n) is 2.67. The highest BCUT2D eigenvalue weighted by molar-refractivity contribution is 6.31. The number of nitriles is 1. The second-order valence-electron chi connectivity index (χ2n) is 4.01. The van der Waals surface area contributed by atoms with E-state index in [1.54, 1.807) is 18.2 Å². The van der Waals surface area contributed by atoms with Crippen LogP contribution in [0.5, 0.6) is 11.5 Å². The molecule has 96 valence electrons. The van der Waals surface area contributed by atoms with Crippen LogP contribution in [0.3, 0.4) is 0 Å². The van der Waals surface area contributed by atoms with Crippen LogP contribution >= 0.6 is 11.6 Å². The standard InChI is InChI=1S/C15H13ClN2O/c16-14-2-1-3-15(13(14)10-18)19-12-6-4-11(5-7-12)8-9-17/h1-7H,8-9,17H2. The first-order chi connectivity index (χ1) is 9.24. The zero-order valence-electron chi connectivity index (χ0n) is 10.3. The summed E-state index contributed by atoms with van der Waals surface area (Å²) >= 11 is 5.95. The minimum absolute atomic E-state index is 0.343. The zero-order valence-corrected chi connectivity index (χ0v) is 11.0. The minimum atomic E-state index is 0.343. The van der Waals surface area contributed by atoms with Gasteiger partial charge in [0.2, 0.25) is 0 Å². The molecule has 2 rings (SSSR count). The van der Waals surface area contributed by atoms with Crippen LogP contribution in [0.2, 0.25) is 5.02 Å². The molecule has 3 nitrogen and oxygen atoms in total. The molecule has 0 aliphatic carbocycles. The quantitative estimate of drug-likeness (QED) is 0.927. The van der Waals surface area contributed by atoms with Gasteiger partial charge in [0.15, 0.2) is 0 Å². The SMILES string of the molecule is N#Cc1c(Cl)cccc1Oc1ccc(CCN)cc1. The Bertz CT molecular complexity index is 603. The molecule has 2 aromatic carbocycles. The molecule has 0 aliphatic heterocycles. The van der Waals surface area contributed by atoms with E-state index >= 15 is 0 Å². The van der Waals surface area contributed by atoms with E-state index in [0.29, 0.717) is 28.6 Å². The van der Waals surface area contributed by atoms with Gasteiger partial charge in [-0.15, -0.1) is 0 Å². The van der Waals surface area contributed by atoms with E-state index in [0.717, 1.165) is 12.0 Å². The smallest absolute Gasteiger partial charge is 0.146 e. The summed E-state index contributed by atoms with van der Waals surface area (Å²) in [5, 5.41) is 9.45. The molecule has 0 amide bonds. The Labute approximate surface area is 117 Å². The lowest BCUT2D eigenvalue weighted by atomic mass is 10.1. The number of nitrogens with two attached hydrogens (primary N) is 1. The summed E-state index contributed by atoms with van der Waals surface area (Å²) in [5.41, 5.74) is 6.99. The summed E-state index contributed by atoms with van der Waals surface area (Å²) in [4.78, 5) is 0. The maximum atomic E-state index is 9.06. The highest BCUT2D eigenvalue weighted by Gasteiger charge is 2.08. The molecule has 0 aliphatic rings. The third-order valence-corrected chi connectivity index (χ3v) is 2.99. The van der Waals surface area contributed by atoms with Gasteiger partial charge in [-0.25, -0.2) is 0 Å². The molecule has 0 saturated carbocycles. The van der Waals surface area contributed by atoms with E-state index in [4.69, 9.17) is 27.3 Å². The van der Waals surface area contributed by atoms with Crippen molar-refractivity contribution < 1.29 is 4.74 Å². The molecular weight excluding hydrogens is 260 g/mol. The average Bonchev–Trinajstić information content (AvgIpc) is 2.42. The van der Waals surface area contributed by atoms with Gasteiger partial charge in [0.05, 0.1) is 5.02 Å². The molecule has 2 N–H and O–H groups in total. The summed E-state index contributed by atoms with van der Waals surface area (Å²) < 4.78 is 5.68. The van der Waals surface area contributed by atoms with Crippen LogP contribution in [-0.4, -0.2) is 6.54 Å². The van der Waals surface area contributed by atoms with Crippen LogP contribution < -0.4 is 10.5 Å². The number of benzene rings is 2. The average molecular weight is 273 g/mol. The fraction of sp³-hybridized carbons (Fsp3) is 0.133. The van der Waals surface area contributed by atoms with Crippen molar-refractivity contribution in [2.75, 3.05) is 6.54 Å². The van der Waals surface area contributed by atoms with E-state index in [9.17, 15) is 0 Å². The Morgan fingerprint density at radius 2 is 1.89 bits per heavy atom. The Morgan fingerprint density at radius 3 is 2.53 bits per heavy atom. The molecular formula is C15H13ClN2O. The monoisotopic (exact) mass is 272 g/mol. The van der Waals surface area contributed by atoms with Crippen LogP contribution in [0.25, 0.3) is 0 Å². The van der Waals surface area contributed by atoms with E-state index in [2.05, 4.69) is 0 Å². The van der Waals surface area contributed by atoms with Crippen LogP contribution in [0, 0.1) is 11.3 Å². The summed E-state index contributed by atoms with van der Waals surface area (Å²) in [7, 11) is 0. The number of hydrogen-bond acceptors (Lipinski definition) is 3. The molecule has 2 aromatic rings. The molecule has 0 heterocycles. The van der Waals surface area contributed by atoms with E-state index < -0.39 is 0 Å². The number of rotatable bonds is 4. The molecule has 0 aromatic heterocycles. The van der Waals surface area contributed by atoms with Crippen LogP contribution in [0.4, 0.5) is 0 Å². The van der Waals surface area contributed by atoms with E-state index in [1.165, 1.54) is 0 Å². The molecule has 4 heteroatoms. The number of hydrogen-bond donors (Lipinski definition) is 1. The van der Waals surface area contributed by atoms with Crippen molar-refractivity contribution in [3.8, 4) is 17.6 Å². The first-order valence-corrected chi connectivity index (χ1v) is 6.28. The Kier molecular flexibility index (Phi) is 4.40. The molecule has 19 heavy (non-hydrogen) atoms. The van der Waals surface area contributed by atoms with Gasteiger partial charge in [0, 0.05) is 0 Å². The summed E-state index contributed by atoms with van der Waals surface area (Å²) in [6.07, 6.45) is 0.834. The van der Waals surface area contributed by atoms with Crippen molar-refractivity contribution in [2.45, 2.75) is 6.42 Å². The van der Waals surface area contributed by atoms with Gasteiger partial charge < -0.3 is 10.5 Å². The first kappa shape index (κ1) is 13.4. The van der Waals surface area contributed by atoms with Crippen LogP contribution in [0.1, 0.15) is 11.1 Å². The van der Waals surface area contributed by atoms with Gasteiger partial charge in [-0.1, -0.05) is 29.8 Å². The van der Waals surface area contributed by atoms with Gasteiger partial charge in [-0.3, -0.25) is 0 Å². The molecule has 0 unspecified atom stereocenters. The lowest BCUT2D eigenvalue weighted by Crippen LogP contribution is -2.02. The normalized spacial score (nSPS) is 9.95. The predicted molar refractivity (Wildman–Crippen MR) is 75.4 cm³/mol. The van der Waals surface area contributed by atoms with Crippen molar-refractivity contribution in [1.29, 1.82) is 5.26 Å². The van der Waals surface area contributed by atoms with Gasteiger partial charge >= 0.3 is 0 Å². The number of ether oxygens (including phenoxy) is 1. The Morgan fingerprint density at radius 1 is 1.16 bits per heavy atom. The number of nitrogens with zero attached hydrogens (tertiary/aromatic N) is 1. The lowest BCUT2D eigenvalue weighted by molar-refractivity contribution is 0.481.